The van der Waals surface area contributed by atoms with E-state index in [4.69, 9.17) is 16.7 Å². The van der Waals surface area contributed by atoms with E-state index >= 15 is 0 Å². The predicted molar refractivity (Wildman–Crippen MR) is 64.4 cm³/mol. The van der Waals surface area contributed by atoms with Gasteiger partial charge in [0.2, 0.25) is 0 Å². The Kier molecular flexibility index (Phi) is 4.51. The lowest BCUT2D eigenvalue weighted by molar-refractivity contribution is -0.138. The molecule has 0 bridgehead atoms. The van der Waals surface area contributed by atoms with E-state index in [1.54, 1.807) is 0 Å². The lowest BCUT2D eigenvalue weighted by Gasteiger charge is -2.17. The molecular weight excluding hydrogens is 246 g/mol. The molecule has 0 saturated heterocycles. The van der Waals surface area contributed by atoms with Gasteiger partial charge in [0.1, 0.15) is 11.1 Å². The van der Waals surface area contributed by atoms with Gasteiger partial charge in [-0.1, -0.05) is 25.4 Å². The monoisotopic (exact) mass is 259 g/mol. The molecule has 0 amide bonds. The summed E-state index contributed by atoms with van der Waals surface area (Å²) in [5, 5.41) is 17.4. The van der Waals surface area contributed by atoms with Gasteiger partial charge in [-0.15, -0.1) is 0 Å². The topological polar surface area (TPSA) is 95.1 Å². The number of H-pyrrole nitrogens is 1. The van der Waals surface area contributed by atoms with Gasteiger partial charge >= 0.3 is 5.97 Å². The lowest BCUT2D eigenvalue weighted by atomic mass is 10.0. The Bertz CT molecular complexity index is 458. The molecule has 7 heteroatoms. The smallest absolute Gasteiger partial charge is 0.326 e. The number of rotatable bonds is 5. The van der Waals surface area contributed by atoms with Crippen LogP contribution in [0.15, 0.2) is 11.0 Å². The first-order valence-electron chi connectivity index (χ1n) is 5.14. The highest BCUT2D eigenvalue weighted by Crippen LogP contribution is 2.18. The van der Waals surface area contributed by atoms with Crippen LogP contribution in [0.1, 0.15) is 20.3 Å². The second-order valence-electron chi connectivity index (χ2n) is 4.09. The largest absolute Gasteiger partial charge is 0.480 e. The molecule has 0 aliphatic rings. The highest BCUT2D eigenvalue weighted by molar-refractivity contribution is 6.32. The van der Waals surface area contributed by atoms with Crippen molar-refractivity contribution in [3.05, 3.63) is 21.6 Å². The molecule has 0 unspecified atom stereocenters. The number of nitrogens with zero attached hydrogens (tertiary/aromatic N) is 1. The Morgan fingerprint density at radius 3 is 2.82 bits per heavy atom. The lowest BCUT2D eigenvalue weighted by Crippen LogP contribution is -2.31. The SMILES string of the molecule is CC(C)C[C@H](Nc1cn[nH]c(=O)c1Cl)C(=O)O. The van der Waals surface area contributed by atoms with Crippen LogP contribution >= 0.6 is 11.6 Å². The van der Waals surface area contributed by atoms with Crippen LogP contribution in [0.3, 0.4) is 0 Å². The highest BCUT2D eigenvalue weighted by atomic mass is 35.5. The molecule has 1 atom stereocenters. The molecule has 1 aromatic heterocycles. The quantitative estimate of drug-likeness (QED) is 0.742. The maximum atomic E-state index is 11.2. The number of aromatic nitrogens is 2. The standard InChI is InChI=1S/C10H14ClN3O3/c1-5(2)3-6(10(16)17)13-7-4-12-14-9(15)8(7)11/h4-6H,3H2,1-2H3,(H,16,17)(H2,13,14,15)/t6-/m0/s1. The fourth-order valence-corrected chi connectivity index (χ4v) is 1.51. The maximum absolute atomic E-state index is 11.2. The maximum Gasteiger partial charge on any atom is 0.326 e. The van der Waals surface area contributed by atoms with Crippen molar-refractivity contribution in [2.75, 3.05) is 5.32 Å². The second kappa shape index (κ2) is 5.67. The molecule has 1 aromatic rings. The number of nitrogens with one attached hydrogen (secondary N) is 2. The first-order chi connectivity index (χ1) is 7.91. The van der Waals surface area contributed by atoms with Gasteiger partial charge in [0.25, 0.3) is 5.56 Å². The van der Waals surface area contributed by atoms with Crippen molar-refractivity contribution in [3.63, 3.8) is 0 Å². The molecule has 0 radical (unpaired) electrons. The van der Waals surface area contributed by atoms with E-state index in [9.17, 15) is 9.59 Å². The van der Waals surface area contributed by atoms with Crippen LogP contribution in [0, 0.1) is 5.92 Å². The third-order valence-electron chi connectivity index (χ3n) is 2.13. The van der Waals surface area contributed by atoms with E-state index in [-0.39, 0.29) is 16.6 Å². The van der Waals surface area contributed by atoms with Crippen LogP contribution < -0.4 is 10.9 Å². The number of hydrogen-bond donors (Lipinski definition) is 3. The van der Waals surface area contributed by atoms with Crippen molar-refractivity contribution >= 4 is 23.3 Å². The average Bonchev–Trinajstić information content (AvgIpc) is 2.22. The summed E-state index contributed by atoms with van der Waals surface area (Å²) in [4.78, 5) is 22.2. The van der Waals surface area contributed by atoms with Gasteiger partial charge in [0.15, 0.2) is 0 Å². The Labute approximate surface area is 103 Å². The number of carbonyl (C=O) groups is 1. The summed E-state index contributed by atoms with van der Waals surface area (Å²) in [6.45, 7) is 3.82. The normalized spacial score (nSPS) is 12.5. The van der Waals surface area contributed by atoms with Crippen molar-refractivity contribution in [1.29, 1.82) is 0 Å². The molecule has 0 aromatic carbocycles. The van der Waals surface area contributed by atoms with Crippen molar-refractivity contribution in [1.82, 2.24) is 10.2 Å². The molecule has 0 fully saturated rings. The van der Waals surface area contributed by atoms with E-state index in [0.29, 0.717) is 6.42 Å². The van der Waals surface area contributed by atoms with E-state index in [1.165, 1.54) is 6.20 Å². The Balaban J connectivity index is 2.90. The van der Waals surface area contributed by atoms with Gasteiger partial charge in [-0.3, -0.25) is 4.79 Å². The van der Waals surface area contributed by atoms with E-state index in [2.05, 4.69) is 15.5 Å². The number of aromatic amines is 1. The molecule has 0 aliphatic carbocycles. The predicted octanol–water partition coefficient (Wildman–Crippen LogP) is 1.33. The third-order valence-corrected chi connectivity index (χ3v) is 2.51. The summed E-state index contributed by atoms with van der Waals surface area (Å²) < 4.78 is 0. The van der Waals surface area contributed by atoms with Gasteiger partial charge in [-0.2, -0.15) is 5.10 Å². The van der Waals surface area contributed by atoms with Gasteiger partial charge < -0.3 is 10.4 Å². The molecule has 1 rings (SSSR count). The molecule has 94 valence electrons. The molecule has 0 spiro atoms. The van der Waals surface area contributed by atoms with Crippen LogP contribution in [0.4, 0.5) is 5.69 Å². The minimum absolute atomic E-state index is 0.0880. The zero-order valence-corrected chi connectivity index (χ0v) is 10.3. The Morgan fingerprint density at radius 2 is 2.29 bits per heavy atom. The van der Waals surface area contributed by atoms with Crippen LogP contribution in [0.2, 0.25) is 5.02 Å². The van der Waals surface area contributed by atoms with Gasteiger partial charge in [0, 0.05) is 0 Å². The first-order valence-corrected chi connectivity index (χ1v) is 5.52. The molecule has 0 saturated carbocycles. The summed E-state index contributed by atoms with van der Waals surface area (Å²) in [6.07, 6.45) is 1.72. The fourth-order valence-electron chi connectivity index (χ4n) is 1.36. The Morgan fingerprint density at radius 1 is 1.65 bits per heavy atom. The number of aliphatic carboxylic acids is 1. The van der Waals surface area contributed by atoms with Crippen LogP contribution in [0.5, 0.6) is 0 Å². The van der Waals surface area contributed by atoms with Gasteiger partial charge in [0.05, 0.1) is 11.9 Å². The summed E-state index contributed by atoms with van der Waals surface area (Å²) in [6, 6.07) is -0.795. The van der Waals surface area contributed by atoms with Crippen molar-refractivity contribution < 1.29 is 9.90 Å². The zero-order valence-electron chi connectivity index (χ0n) is 9.53. The molecule has 1 heterocycles. The number of anilines is 1. The van der Waals surface area contributed by atoms with Crippen molar-refractivity contribution in [2.24, 2.45) is 5.92 Å². The average molecular weight is 260 g/mol. The molecule has 6 nitrogen and oxygen atoms in total. The van der Waals surface area contributed by atoms with Crippen molar-refractivity contribution in [3.8, 4) is 0 Å². The zero-order chi connectivity index (χ0) is 13.0. The molecule has 17 heavy (non-hydrogen) atoms. The number of halogens is 1. The molecule has 0 aliphatic heterocycles. The van der Waals surface area contributed by atoms with Crippen molar-refractivity contribution in [2.45, 2.75) is 26.3 Å². The van der Waals surface area contributed by atoms with Gasteiger partial charge in [-0.05, 0) is 12.3 Å². The summed E-state index contributed by atoms with van der Waals surface area (Å²) in [5.41, 5.74) is -0.325. The van der Waals surface area contributed by atoms with Crippen LogP contribution in [-0.4, -0.2) is 27.3 Å². The third kappa shape index (κ3) is 3.74. The number of hydrogen-bond acceptors (Lipinski definition) is 4. The number of carboxylic acids is 1. The van der Waals surface area contributed by atoms with Gasteiger partial charge in [-0.25, -0.2) is 9.89 Å². The summed E-state index contributed by atoms with van der Waals surface area (Å²) in [7, 11) is 0. The minimum atomic E-state index is -0.991. The highest BCUT2D eigenvalue weighted by Gasteiger charge is 2.20. The summed E-state index contributed by atoms with van der Waals surface area (Å²) in [5.74, 6) is -0.785. The second-order valence-corrected chi connectivity index (χ2v) is 4.47. The fraction of sp³-hybridized carbons (Fsp3) is 0.500. The number of carboxylic acid groups (broad SMARTS) is 1. The van der Waals surface area contributed by atoms with E-state index in [1.807, 2.05) is 13.8 Å². The Hall–Kier alpha value is -1.56. The van der Waals surface area contributed by atoms with Crippen LogP contribution in [0.25, 0.3) is 0 Å². The first kappa shape index (κ1) is 13.5. The molecule has 3 N–H and O–H groups in total. The molecular formula is C10H14ClN3O3. The minimum Gasteiger partial charge on any atom is -0.480 e. The van der Waals surface area contributed by atoms with E-state index in [0.717, 1.165) is 0 Å². The summed E-state index contributed by atoms with van der Waals surface area (Å²) >= 11 is 5.74. The van der Waals surface area contributed by atoms with Crippen LogP contribution in [-0.2, 0) is 4.79 Å². The van der Waals surface area contributed by atoms with E-state index < -0.39 is 17.6 Å².